The van der Waals surface area contributed by atoms with Crippen molar-refractivity contribution in [2.75, 3.05) is 0 Å². The largest absolute Gasteiger partial charge is 0.451 e. The van der Waals surface area contributed by atoms with Crippen LogP contribution in [-0.4, -0.2) is 5.91 Å². The third-order valence-corrected chi connectivity index (χ3v) is 1.92. The molecule has 2 N–H and O–H groups in total. The summed E-state index contributed by atoms with van der Waals surface area (Å²) in [7, 11) is 0. The fourth-order valence-corrected chi connectivity index (χ4v) is 1.26. The minimum Gasteiger partial charge on any atom is -0.451 e. The van der Waals surface area contributed by atoms with Gasteiger partial charge >= 0.3 is 0 Å². The minimum absolute atomic E-state index is 0.209. The highest BCUT2D eigenvalue weighted by molar-refractivity contribution is 5.95. The average Bonchev–Trinajstić information content (AvgIpc) is 2.63. The Balaban J connectivity index is 0.000000531. The van der Waals surface area contributed by atoms with Crippen molar-refractivity contribution < 1.29 is 9.21 Å². The van der Waals surface area contributed by atoms with E-state index in [9.17, 15) is 4.79 Å². The smallest absolute Gasteiger partial charge is 0.284 e. The number of furan rings is 1. The Labute approximate surface area is 88.9 Å². The van der Waals surface area contributed by atoms with Crippen molar-refractivity contribution in [3.05, 3.63) is 35.6 Å². The van der Waals surface area contributed by atoms with E-state index in [0.29, 0.717) is 5.58 Å². The Hall–Kier alpha value is -1.77. The van der Waals surface area contributed by atoms with E-state index < -0.39 is 5.91 Å². The minimum atomic E-state index is -0.533. The third kappa shape index (κ3) is 2.37. The van der Waals surface area contributed by atoms with Crippen molar-refractivity contribution in [3.63, 3.8) is 0 Å². The summed E-state index contributed by atoms with van der Waals surface area (Å²) in [6.07, 6.45) is 0. The summed E-state index contributed by atoms with van der Waals surface area (Å²) in [5.74, 6) is -0.325. The molecule has 0 radical (unpaired) electrons. The Kier molecular flexibility index (Phi) is 3.50. The monoisotopic (exact) mass is 205 g/mol. The molecular weight excluding hydrogens is 190 g/mol. The van der Waals surface area contributed by atoms with Gasteiger partial charge in [0.2, 0.25) is 0 Å². The lowest BCUT2D eigenvalue weighted by Gasteiger charge is -1.89. The van der Waals surface area contributed by atoms with Gasteiger partial charge in [0.15, 0.2) is 5.76 Å². The van der Waals surface area contributed by atoms with Crippen LogP contribution in [0, 0.1) is 6.92 Å². The number of fused-ring (bicyclic) bond motifs is 1. The number of hydrogen-bond acceptors (Lipinski definition) is 2. The van der Waals surface area contributed by atoms with Crippen LogP contribution in [0.15, 0.2) is 28.7 Å². The summed E-state index contributed by atoms with van der Waals surface area (Å²) in [5.41, 5.74) is 6.88. The van der Waals surface area contributed by atoms with Crippen LogP contribution < -0.4 is 5.73 Å². The Morgan fingerprint density at radius 1 is 1.27 bits per heavy atom. The van der Waals surface area contributed by atoms with Crippen LogP contribution in [0.25, 0.3) is 11.0 Å². The molecule has 0 aliphatic carbocycles. The fourth-order valence-electron chi connectivity index (χ4n) is 1.26. The van der Waals surface area contributed by atoms with Gasteiger partial charge in [-0.1, -0.05) is 26.0 Å². The maximum Gasteiger partial charge on any atom is 0.284 e. The quantitative estimate of drug-likeness (QED) is 0.778. The number of nitrogens with two attached hydrogens (primary N) is 1. The summed E-state index contributed by atoms with van der Waals surface area (Å²) in [6, 6.07) is 7.39. The predicted molar refractivity (Wildman–Crippen MR) is 60.8 cm³/mol. The molecule has 0 fully saturated rings. The van der Waals surface area contributed by atoms with E-state index in [1.165, 1.54) is 0 Å². The first-order chi connectivity index (χ1) is 7.16. The molecule has 0 unspecified atom stereocenters. The maximum absolute atomic E-state index is 10.8. The van der Waals surface area contributed by atoms with E-state index in [1.54, 1.807) is 6.07 Å². The summed E-state index contributed by atoms with van der Waals surface area (Å²) in [5, 5.41) is 0.902. The topological polar surface area (TPSA) is 56.2 Å². The second-order valence-electron chi connectivity index (χ2n) is 3.02. The van der Waals surface area contributed by atoms with Gasteiger partial charge in [-0.3, -0.25) is 4.79 Å². The number of hydrogen-bond donors (Lipinski definition) is 1. The highest BCUT2D eigenvalue weighted by Gasteiger charge is 2.07. The number of benzene rings is 1. The molecule has 15 heavy (non-hydrogen) atoms. The van der Waals surface area contributed by atoms with Crippen LogP contribution >= 0.6 is 0 Å². The Morgan fingerprint density at radius 3 is 2.53 bits per heavy atom. The van der Waals surface area contributed by atoms with Crippen LogP contribution in [0.2, 0.25) is 0 Å². The highest BCUT2D eigenvalue weighted by atomic mass is 16.3. The first kappa shape index (κ1) is 11.3. The fraction of sp³-hybridized carbons (Fsp3) is 0.250. The molecule has 2 aromatic rings. The van der Waals surface area contributed by atoms with Crippen LogP contribution in [0.5, 0.6) is 0 Å². The molecule has 3 heteroatoms. The summed E-state index contributed by atoms with van der Waals surface area (Å²) in [4.78, 5) is 10.8. The van der Waals surface area contributed by atoms with Gasteiger partial charge < -0.3 is 10.2 Å². The van der Waals surface area contributed by atoms with E-state index in [4.69, 9.17) is 10.2 Å². The second-order valence-corrected chi connectivity index (χ2v) is 3.02. The van der Waals surface area contributed by atoms with Gasteiger partial charge in [0.25, 0.3) is 5.91 Å². The average molecular weight is 205 g/mol. The van der Waals surface area contributed by atoms with Crippen molar-refractivity contribution in [3.8, 4) is 0 Å². The van der Waals surface area contributed by atoms with Gasteiger partial charge in [-0.25, -0.2) is 0 Å². The third-order valence-electron chi connectivity index (χ3n) is 1.92. The highest BCUT2D eigenvalue weighted by Crippen LogP contribution is 2.19. The molecule has 0 saturated heterocycles. The van der Waals surface area contributed by atoms with Crippen LogP contribution in [-0.2, 0) is 0 Å². The lowest BCUT2D eigenvalue weighted by atomic mass is 10.2. The number of aryl methyl sites for hydroxylation is 1. The molecule has 0 spiro atoms. The van der Waals surface area contributed by atoms with Crippen LogP contribution in [0.3, 0.4) is 0 Å². The molecule has 3 nitrogen and oxygen atoms in total. The van der Waals surface area contributed by atoms with Gasteiger partial charge in [0.1, 0.15) is 5.58 Å². The van der Waals surface area contributed by atoms with E-state index in [0.717, 1.165) is 10.9 Å². The van der Waals surface area contributed by atoms with Gasteiger partial charge in [0.05, 0.1) is 0 Å². The second kappa shape index (κ2) is 4.64. The molecule has 1 amide bonds. The molecule has 1 aromatic carbocycles. The first-order valence-electron chi connectivity index (χ1n) is 4.97. The molecule has 0 aliphatic rings. The lowest BCUT2D eigenvalue weighted by Crippen LogP contribution is -2.08. The van der Waals surface area contributed by atoms with E-state index in [2.05, 4.69) is 0 Å². The molecule has 0 bridgehead atoms. The van der Waals surface area contributed by atoms with Crippen molar-refractivity contribution in [2.24, 2.45) is 5.73 Å². The van der Waals surface area contributed by atoms with Crippen molar-refractivity contribution in [2.45, 2.75) is 20.8 Å². The lowest BCUT2D eigenvalue weighted by molar-refractivity contribution is 0.0976. The zero-order chi connectivity index (χ0) is 11.4. The molecule has 1 heterocycles. The molecule has 0 atom stereocenters. The number of carbonyl (C=O) groups excluding carboxylic acids is 1. The van der Waals surface area contributed by atoms with Gasteiger partial charge in [-0.05, 0) is 24.6 Å². The van der Waals surface area contributed by atoms with Gasteiger partial charge in [0, 0.05) is 5.39 Å². The van der Waals surface area contributed by atoms with E-state index in [-0.39, 0.29) is 5.76 Å². The van der Waals surface area contributed by atoms with Crippen LogP contribution in [0.4, 0.5) is 0 Å². The Bertz CT molecular complexity index is 471. The van der Waals surface area contributed by atoms with E-state index >= 15 is 0 Å². The molecule has 1 aromatic heterocycles. The first-order valence-corrected chi connectivity index (χ1v) is 4.97. The summed E-state index contributed by atoms with van der Waals surface area (Å²) < 4.78 is 5.24. The molecule has 0 saturated carbocycles. The molecule has 80 valence electrons. The van der Waals surface area contributed by atoms with E-state index in [1.807, 2.05) is 39.0 Å². The molecular formula is C12H15NO2. The van der Waals surface area contributed by atoms with Gasteiger partial charge in [-0.2, -0.15) is 0 Å². The summed E-state index contributed by atoms with van der Waals surface area (Å²) >= 11 is 0. The SMILES string of the molecule is CC.Cc1ccc2cc(C(N)=O)oc2c1. The number of rotatable bonds is 1. The molecule has 2 rings (SSSR count). The summed E-state index contributed by atoms with van der Waals surface area (Å²) in [6.45, 7) is 5.96. The van der Waals surface area contributed by atoms with Crippen LogP contribution in [0.1, 0.15) is 30.0 Å². The number of primary amides is 1. The zero-order valence-corrected chi connectivity index (χ0v) is 9.20. The van der Waals surface area contributed by atoms with Crippen molar-refractivity contribution in [1.29, 1.82) is 0 Å². The number of carbonyl (C=O) groups is 1. The van der Waals surface area contributed by atoms with Crippen molar-refractivity contribution in [1.82, 2.24) is 0 Å². The molecule has 0 aliphatic heterocycles. The van der Waals surface area contributed by atoms with Gasteiger partial charge in [-0.15, -0.1) is 0 Å². The zero-order valence-electron chi connectivity index (χ0n) is 9.20. The predicted octanol–water partition coefficient (Wildman–Crippen LogP) is 2.87. The number of amides is 1. The Morgan fingerprint density at radius 2 is 1.93 bits per heavy atom. The normalized spacial score (nSPS) is 9.53. The van der Waals surface area contributed by atoms with Crippen molar-refractivity contribution >= 4 is 16.9 Å². The maximum atomic E-state index is 10.8. The standard InChI is InChI=1S/C10H9NO2.C2H6/c1-6-2-3-7-5-9(10(11)12)13-8(7)4-6;1-2/h2-5H,1H3,(H2,11,12);1-2H3.